The van der Waals surface area contributed by atoms with E-state index in [2.05, 4.69) is 25.4 Å². The van der Waals surface area contributed by atoms with Crippen LogP contribution >= 0.6 is 0 Å². The summed E-state index contributed by atoms with van der Waals surface area (Å²) in [5.74, 6) is -0.432. The van der Waals surface area contributed by atoms with Gasteiger partial charge in [-0.05, 0) is 30.5 Å². The number of nitriles is 1. The van der Waals surface area contributed by atoms with E-state index in [0.29, 0.717) is 38.0 Å². The maximum Gasteiger partial charge on any atom is 0.241 e. The fourth-order valence-corrected chi connectivity index (χ4v) is 4.81. The van der Waals surface area contributed by atoms with Gasteiger partial charge in [0.2, 0.25) is 5.91 Å². The standard InChI is InChI=1S/C23H29N6O2/c24-13-18-4-6-19(7-5-18)15-28-17-26-14-20(28)16-27-9-11-29(12-10-27)23(22(25)31)8-2-1-3-21(23)30/h4-7,14,17,30H,1-3,8-12,15-16H2,(H2,25,31). The van der Waals surface area contributed by atoms with Crippen molar-refractivity contribution in [1.82, 2.24) is 19.4 Å². The normalized spacial score (nSPS) is 23.5. The first-order chi connectivity index (χ1) is 15.0. The van der Waals surface area contributed by atoms with E-state index in [4.69, 9.17) is 11.0 Å². The first-order valence-electron chi connectivity index (χ1n) is 10.8. The topological polar surface area (TPSA) is 111 Å². The molecule has 8 nitrogen and oxygen atoms in total. The van der Waals surface area contributed by atoms with Gasteiger partial charge in [0.15, 0.2) is 0 Å². The Morgan fingerprint density at radius 2 is 1.90 bits per heavy atom. The summed E-state index contributed by atoms with van der Waals surface area (Å²) in [6, 6.07) is 9.74. The molecule has 2 aliphatic rings. The van der Waals surface area contributed by atoms with E-state index < -0.39 is 11.4 Å². The number of piperazine rings is 1. The molecule has 1 aromatic carbocycles. The molecule has 1 unspecified atom stereocenters. The van der Waals surface area contributed by atoms with Crippen molar-refractivity contribution in [2.75, 3.05) is 26.2 Å². The number of rotatable bonds is 6. The summed E-state index contributed by atoms with van der Waals surface area (Å²) in [6.07, 6.45) is 6.93. The van der Waals surface area contributed by atoms with Crippen LogP contribution in [0, 0.1) is 17.4 Å². The lowest BCUT2D eigenvalue weighted by molar-refractivity contribution is -0.137. The number of nitrogens with two attached hydrogens (primary N) is 1. The Bertz CT molecular complexity index is 942. The van der Waals surface area contributed by atoms with Crippen molar-refractivity contribution in [1.29, 1.82) is 5.26 Å². The van der Waals surface area contributed by atoms with Crippen LogP contribution in [0.4, 0.5) is 0 Å². The van der Waals surface area contributed by atoms with E-state index in [1.165, 1.54) is 0 Å². The summed E-state index contributed by atoms with van der Waals surface area (Å²) in [4.78, 5) is 21.1. The first kappa shape index (κ1) is 21.5. The molecule has 8 heteroatoms. The van der Waals surface area contributed by atoms with Crippen LogP contribution in [0.1, 0.15) is 42.5 Å². The Hall–Kier alpha value is -2.73. The van der Waals surface area contributed by atoms with Gasteiger partial charge in [-0.2, -0.15) is 5.26 Å². The van der Waals surface area contributed by atoms with Crippen LogP contribution in [0.15, 0.2) is 36.8 Å². The highest BCUT2D eigenvalue weighted by Gasteiger charge is 2.51. The second kappa shape index (κ2) is 9.18. The van der Waals surface area contributed by atoms with E-state index >= 15 is 0 Å². The molecule has 2 fully saturated rings. The lowest BCUT2D eigenvalue weighted by Gasteiger charge is -2.49. The monoisotopic (exact) mass is 421 g/mol. The molecule has 31 heavy (non-hydrogen) atoms. The average Bonchev–Trinajstić information content (AvgIpc) is 3.21. The zero-order valence-corrected chi connectivity index (χ0v) is 17.7. The molecule has 0 spiro atoms. The fraction of sp³-hybridized carbons (Fsp3) is 0.478. The summed E-state index contributed by atoms with van der Waals surface area (Å²) in [5.41, 5.74) is 7.67. The predicted molar refractivity (Wildman–Crippen MR) is 115 cm³/mol. The average molecular weight is 422 g/mol. The maximum atomic E-state index is 12.3. The third-order valence-corrected chi connectivity index (χ3v) is 6.62. The predicted octanol–water partition coefficient (Wildman–Crippen LogP) is 1.62. The molecule has 163 valence electrons. The number of primary amides is 1. The number of amides is 1. The quantitative estimate of drug-likeness (QED) is 0.733. The Labute approximate surface area is 182 Å². The van der Waals surface area contributed by atoms with Crippen molar-refractivity contribution in [2.45, 2.75) is 44.3 Å². The van der Waals surface area contributed by atoms with Crippen molar-refractivity contribution in [3.8, 4) is 6.07 Å². The minimum atomic E-state index is -0.998. The molecule has 2 aromatic rings. The second-order valence-electron chi connectivity index (χ2n) is 8.46. The van der Waals surface area contributed by atoms with Gasteiger partial charge in [-0.15, -0.1) is 0 Å². The van der Waals surface area contributed by atoms with Gasteiger partial charge in [-0.1, -0.05) is 25.0 Å². The van der Waals surface area contributed by atoms with Gasteiger partial charge in [0.1, 0.15) is 11.6 Å². The van der Waals surface area contributed by atoms with Gasteiger partial charge in [-0.3, -0.25) is 14.6 Å². The van der Waals surface area contributed by atoms with E-state index in [-0.39, 0.29) is 6.10 Å². The molecule has 1 aliphatic carbocycles. The van der Waals surface area contributed by atoms with Crippen LogP contribution in [0.2, 0.25) is 0 Å². The molecule has 3 N–H and O–H groups in total. The number of hydrogen-bond donors (Lipinski definition) is 2. The molecule has 1 aliphatic heterocycles. The Morgan fingerprint density at radius 1 is 1.16 bits per heavy atom. The molecule has 1 aromatic heterocycles. The van der Waals surface area contributed by atoms with Crippen LogP contribution in [0.3, 0.4) is 0 Å². The third kappa shape index (κ3) is 4.35. The Kier molecular flexibility index (Phi) is 6.37. The number of aliphatic hydroxyl groups is 1. The van der Waals surface area contributed by atoms with Gasteiger partial charge in [-0.25, -0.2) is 4.98 Å². The SMILES string of the molecule is N#Cc1ccc(Cn2cncc2CN2CCN(C3(C(N)=O)CCCC[C]3O)CC2)cc1. The molecule has 1 saturated heterocycles. The highest BCUT2D eigenvalue weighted by atomic mass is 16.3. The molecule has 4 rings (SSSR count). The summed E-state index contributed by atoms with van der Waals surface area (Å²) in [7, 11) is 0. The van der Waals surface area contributed by atoms with Crippen molar-refractivity contribution in [2.24, 2.45) is 5.73 Å². The lowest BCUT2D eigenvalue weighted by atomic mass is 9.76. The van der Waals surface area contributed by atoms with E-state index in [9.17, 15) is 9.90 Å². The summed E-state index contributed by atoms with van der Waals surface area (Å²) < 4.78 is 2.12. The van der Waals surface area contributed by atoms with Gasteiger partial charge < -0.3 is 15.4 Å². The van der Waals surface area contributed by atoms with E-state index in [0.717, 1.165) is 43.7 Å². The minimum Gasteiger partial charge on any atom is -0.384 e. The highest BCUT2D eigenvalue weighted by Crippen LogP contribution is 2.39. The van der Waals surface area contributed by atoms with Crippen LogP contribution in [0.5, 0.6) is 0 Å². The highest BCUT2D eigenvalue weighted by molar-refractivity contribution is 5.87. The molecule has 1 saturated carbocycles. The molecule has 1 atom stereocenters. The van der Waals surface area contributed by atoms with Crippen LogP contribution < -0.4 is 5.73 Å². The number of imidazole rings is 1. The van der Waals surface area contributed by atoms with Gasteiger partial charge in [0.05, 0.1) is 23.7 Å². The van der Waals surface area contributed by atoms with Crippen molar-refractivity contribution in [3.63, 3.8) is 0 Å². The van der Waals surface area contributed by atoms with Gasteiger partial charge >= 0.3 is 0 Å². The van der Waals surface area contributed by atoms with Gasteiger partial charge in [0.25, 0.3) is 0 Å². The third-order valence-electron chi connectivity index (χ3n) is 6.62. The fourth-order valence-electron chi connectivity index (χ4n) is 4.81. The summed E-state index contributed by atoms with van der Waals surface area (Å²) >= 11 is 0. The zero-order valence-electron chi connectivity index (χ0n) is 17.7. The number of aliphatic hydroxyl groups excluding tert-OH is 1. The van der Waals surface area contributed by atoms with Crippen molar-refractivity contribution in [3.05, 3.63) is 59.7 Å². The van der Waals surface area contributed by atoms with Crippen LogP contribution in [0.25, 0.3) is 0 Å². The Balaban J connectivity index is 1.38. The number of carbonyl (C=O) groups is 1. The smallest absolute Gasteiger partial charge is 0.241 e. The number of hydrogen-bond acceptors (Lipinski definition) is 6. The largest absolute Gasteiger partial charge is 0.384 e. The molecular weight excluding hydrogens is 392 g/mol. The first-order valence-corrected chi connectivity index (χ1v) is 10.8. The van der Waals surface area contributed by atoms with Crippen molar-refractivity contribution >= 4 is 5.91 Å². The molecule has 2 heterocycles. The number of benzene rings is 1. The van der Waals surface area contributed by atoms with E-state index in [1.807, 2.05) is 36.8 Å². The van der Waals surface area contributed by atoms with E-state index in [1.54, 1.807) is 0 Å². The summed E-state index contributed by atoms with van der Waals surface area (Å²) in [6.45, 7) is 4.44. The van der Waals surface area contributed by atoms with Crippen LogP contribution in [-0.4, -0.2) is 62.1 Å². The Morgan fingerprint density at radius 3 is 2.55 bits per heavy atom. The zero-order chi connectivity index (χ0) is 21.8. The maximum absolute atomic E-state index is 12.3. The number of nitrogens with zero attached hydrogens (tertiary/aromatic N) is 5. The molecule has 1 radical (unpaired) electrons. The summed E-state index contributed by atoms with van der Waals surface area (Å²) in [5, 5.41) is 19.5. The van der Waals surface area contributed by atoms with Gasteiger partial charge in [0, 0.05) is 45.5 Å². The molecule has 0 bridgehead atoms. The molecule has 1 amide bonds. The second-order valence-corrected chi connectivity index (χ2v) is 8.46. The number of aromatic nitrogens is 2. The minimum absolute atomic E-state index is 0.236. The van der Waals surface area contributed by atoms with Crippen molar-refractivity contribution < 1.29 is 9.90 Å². The molecular formula is C23H29N6O2. The van der Waals surface area contributed by atoms with Crippen LogP contribution in [-0.2, 0) is 17.9 Å². The number of carbonyl (C=O) groups excluding carboxylic acids is 1. The lowest BCUT2D eigenvalue weighted by Crippen LogP contribution is -2.66.